The predicted molar refractivity (Wildman–Crippen MR) is 117 cm³/mol. The third kappa shape index (κ3) is 3.30. The van der Waals surface area contributed by atoms with E-state index in [1.807, 2.05) is 30.5 Å². The summed E-state index contributed by atoms with van der Waals surface area (Å²) >= 11 is 5.27. The Morgan fingerprint density at radius 1 is 1.04 bits per heavy atom. The van der Waals surface area contributed by atoms with E-state index in [4.69, 9.17) is 14.5 Å². The van der Waals surface area contributed by atoms with E-state index in [2.05, 4.69) is 58.2 Å². The summed E-state index contributed by atoms with van der Waals surface area (Å²) in [6.45, 7) is 2.36. The first-order chi connectivity index (χ1) is 13.7. The molecular weight excluding hydrogens is 436 g/mol. The van der Waals surface area contributed by atoms with Crippen molar-refractivity contribution in [3.63, 3.8) is 0 Å². The van der Waals surface area contributed by atoms with Crippen LogP contribution >= 0.6 is 27.3 Å². The lowest BCUT2D eigenvalue weighted by molar-refractivity contribution is 0.174. The molecule has 6 heteroatoms. The Morgan fingerprint density at radius 2 is 1.82 bits per heavy atom. The highest BCUT2D eigenvalue weighted by molar-refractivity contribution is 9.10. The minimum Gasteiger partial charge on any atom is -0.454 e. The Labute approximate surface area is 174 Å². The molecule has 1 aliphatic heterocycles. The largest absolute Gasteiger partial charge is 0.454 e. The molecule has 5 rings (SSSR count). The lowest BCUT2D eigenvalue weighted by Gasteiger charge is -2.02. The Morgan fingerprint density at radius 3 is 2.64 bits per heavy atom. The molecule has 0 saturated heterocycles. The highest BCUT2D eigenvalue weighted by atomic mass is 79.9. The Bertz CT molecular complexity index is 1220. The maximum absolute atomic E-state index is 5.43. The van der Waals surface area contributed by atoms with Crippen molar-refractivity contribution in [2.45, 2.75) is 6.92 Å². The van der Waals surface area contributed by atoms with Gasteiger partial charge in [-0.1, -0.05) is 6.07 Å². The van der Waals surface area contributed by atoms with Gasteiger partial charge in [0.1, 0.15) is 5.01 Å². The molecule has 0 fully saturated rings. The number of nitrogens with zero attached hydrogens (tertiary/aromatic N) is 2. The van der Waals surface area contributed by atoms with Gasteiger partial charge in [-0.15, -0.1) is 11.3 Å². The molecule has 0 N–H and O–H groups in total. The van der Waals surface area contributed by atoms with E-state index in [-0.39, 0.29) is 6.79 Å². The molecule has 0 unspecified atom stereocenters. The van der Waals surface area contributed by atoms with E-state index in [0.717, 1.165) is 43.3 Å². The Hall–Kier alpha value is -2.70. The number of benzene rings is 3. The van der Waals surface area contributed by atoms with Crippen LogP contribution in [-0.2, 0) is 0 Å². The maximum Gasteiger partial charge on any atom is 0.231 e. The van der Waals surface area contributed by atoms with Gasteiger partial charge in [-0.05, 0) is 76.9 Å². The highest BCUT2D eigenvalue weighted by Crippen LogP contribution is 2.36. The van der Waals surface area contributed by atoms with Gasteiger partial charge in [0.2, 0.25) is 6.79 Å². The molecule has 2 heterocycles. The number of aromatic nitrogens is 1. The van der Waals surface area contributed by atoms with Crippen molar-refractivity contribution in [1.82, 2.24) is 4.98 Å². The monoisotopic (exact) mass is 450 g/mol. The first-order valence-electron chi connectivity index (χ1n) is 8.76. The van der Waals surface area contributed by atoms with Crippen LogP contribution in [0.1, 0.15) is 11.1 Å². The van der Waals surface area contributed by atoms with Crippen molar-refractivity contribution < 1.29 is 9.47 Å². The SMILES string of the molecule is Cc1ccc2nc(-c3ccc(N=Cc4cc5c(cc4Br)OCO5)cc3)sc2c1. The molecule has 0 saturated carbocycles. The number of ether oxygens (including phenoxy) is 2. The number of aliphatic imine (C=N–C) groups is 1. The second-order valence-electron chi connectivity index (χ2n) is 6.52. The van der Waals surface area contributed by atoms with Crippen molar-refractivity contribution in [3.8, 4) is 22.1 Å². The first-order valence-corrected chi connectivity index (χ1v) is 10.4. The average Bonchev–Trinajstić information content (AvgIpc) is 3.32. The quantitative estimate of drug-likeness (QED) is 0.334. The zero-order valence-electron chi connectivity index (χ0n) is 15.0. The van der Waals surface area contributed by atoms with Crippen molar-refractivity contribution in [1.29, 1.82) is 0 Å². The lowest BCUT2D eigenvalue weighted by atomic mass is 10.2. The van der Waals surface area contributed by atoms with Gasteiger partial charge in [-0.3, -0.25) is 4.99 Å². The third-order valence-corrected chi connectivity index (χ3v) is 6.26. The molecule has 1 aromatic heterocycles. The van der Waals surface area contributed by atoms with Gasteiger partial charge in [-0.2, -0.15) is 0 Å². The highest BCUT2D eigenvalue weighted by Gasteiger charge is 2.15. The van der Waals surface area contributed by atoms with Crippen LogP contribution in [0.4, 0.5) is 5.69 Å². The third-order valence-electron chi connectivity index (χ3n) is 4.50. The predicted octanol–water partition coefficient (Wildman–Crippen LogP) is 6.51. The molecule has 0 bridgehead atoms. The summed E-state index contributed by atoms with van der Waals surface area (Å²) in [4.78, 5) is 9.32. The van der Waals surface area contributed by atoms with Crippen LogP contribution in [0.25, 0.3) is 20.8 Å². The van der Waals surface area contributed by atoms with E-state index in [1.54, 1.807) is 11.3 Å². The van der Waals surface area contributed by atoms with Crippen molar-refractivity contribution in [2.24, 2.45) is 4.99 Å². The molecule has 0 atom stereocenters. The van der Waals surface area contributed by atoms with Crippen LogP contribution in [0.3, 0.4) is 0 Å². The van der Waals surface area contributed by atoms with Crippen LogP contribution < -0.4 is 9.47 Å². The number of rotatable bonds is 3. The van der Waals surface area contributed by atoms with E-state index in [9.17, 15) is 0 Å². The maximum atomic E-state index is 5.43. The summed E-state index contributed by atoms with van der Waals surface area (Å²) in [5.41, 5.74) is 5.21. The van der Waals surface area contributed by atoms with Crippen LogP contribution in [0.15, 0.2) is 64.1 Å². The van der Waals surface area contributed by atoms with Gasteiger partial charge in [0.15, 0.2) is 11.5 Å². The van der Waals surface area contributed by atoms with Crippen LogP contribution in [0.2, 0.25) is 0 Å². The zero-order valence-corrected chi connectivity index (χ0v) is 17.4. The van der Waals surface area contributed by atoms with E-state index >= 15 is 0 Å². The summed E-state index contributed by atoms with van der Waals surface area (Å²) in [5, 5.41) is 1.02. The van der Waals surface area contributed by atoms with Gasteiger partial charge in [0.05, 0.1) is 15.9 Å². The standard InChI is InChI=1S/C22H15BrN2O2S/c1-13-2-7-18-21(8-13)28-22(25-18)14-3-5-16(6-4-14)24-11-15-9-19-20(10-17(15)23)27-12-26-19/h2-11H,12H2,1H3. The molecule has 1 aliphatic rings. The van der Waals surface area contributed by atoms with Crippen LogP contribution in [0, 0.1) is 6.92 Å². The summed E-state index contributed by atoms with van der Waals surface area (Å²) in [7, 11) is 0. The topological polar surface area (TPSA) is 43.7 Å². The fraction of sp³-hybridized carbons (Fsp3) is 0.0909. The lowest BCUT2D eigenvalue weighted by Crippen LogP contribution is -1.92. The summed E-state index contributed by atoms with van der Waals surface area (Å²) < 4.78 is 12.9. The molecule has 4 nitrogen and oxygen atoms in total. The average molecular weight is 451 g/mol. The second kappa shape index (κ2) is 7.04. The fourth-order valence-corrected chi connectivity index (χ4v) is 4.52. The van der Waals surface area contributed by atoms with Gasteiger partial charge in [0, 0.05) is 21.8 Å². The molecule has 3 aromatic carbocycles. The van der Waals surface area contributed by atoms with Gasteiger partial charge >= 0.3 is 0 Å². The van der Waals surface area contributed by atoms with E-state index in [1.165, 1.54) is 10.3 Å². The second-order valence-corrected chi connectivity index (χ2v) is 8.41. The molecule has 0 amide bonds. The molecule has 0 spiro atoms. The normalized spacial score (nSPS) is 12.9. The number of hydrogen-bond acceptors (Lipinski definition) is 5. The molecule has 138 valence electrons. The first kappa shape index (κ1) is 17.4. The van der Waals surface area contributed by atoms with Gasteiger partial charge in [-0.25, -0.2) is 4.98 Å². The molecule has 0 radical (unpaired) electrons. The number of aryl methyl sites for hydroxylation is 1. The Balaban J connectivity index is 1.39. The van der Waals surface area contributed by atoms with Crippen LogP contribution in [0.5, 0.6) is 11.5 Å². The Kier molecular flexibility index (Phi) is 4.37. The summed E-state index contributed by atoms with van der Waals surface area (Å²) in [6.07, 6.45) is 1.82. The zero-order chi connectivity index (χ0) is 19.1. The smallest absolute Gasteiger partial charge is 0.231 e. The molecule has 0 aliphatic carbocycles. The number of fused-ring (bicyclic) bond motifs is 2. The molecule has 28 heavy (non-hydrogen) atoms. The van der Waals surface area contributed by atoms with E-state index < -0.39 is 0 Å². The number of halogens is 1. The summed E-state index contributed by atoms with van der Waals surface area (Å²) in [6, 6.07) is 18.3. The van der Waals surface area contributed by atoms with Crippen LogP contribution in [-0.4, -0.2) is 18.0 Å². The van der Waals surface area contributed by atoms with Crippen molar-refractivity contribution in [3.05, 3.63) is 70.2 Å². The van der Waals surface area contributed by atoms with Gasteiger partial charge < -0.3 is 9.47 Å². The van der Waals surface area contributed by atoms with E-state index in [0.29, 0.717) is 0 Å². The van der Waals surface area contributed by atoms with Crippen molar-refractivity contribution >= 4 is 49.4 Å². The minimum atomic E-state index is 0.259. The summed E-state index contributed by atoms with van der Waals surface area (Å²) in [5.74, 6) is 1.49. The minimum absolute atomic E-state index is 0.259. The fourth-order valence-electron chi connectivity index (χ4n) is 3.02. The molecule has 4 aromatic rings. The molecular formula is C22H15BrN2O2S. The number of hydrogen-bond donors (Lipinski definition) is 0. The number of thiazole rings is 1. The van der Waals surface area contributed by atoms with Gasteiger partial charge in [0.25, 0.3) is 0 Å². The van der Waals surface area contributed by atoms with Crippen molar-refractivity contribution in [2.75, 3.05) is 6.79 Å².